The number of methoxy groups -OCH3 is 1. The summed E-state index contributed by atoms with van der Waals surface area (Å²) in [6, 6.07) is 11.5. The minimum atomic E-state index is -1.62. The van der Waals surface area contributed by atoms with Crippen molar-refractivity contribution in [2.75, 3.05) is 12.8 Å². The van der Waals surface area contributed by atoms with Crippen molar-refractivity contribution in [1.82, 2.24) is 0 Å². The number of anilines is 1. The second kappa shape index (κ2) is 7.90. The normalized spacial score (nSPS) is 12.0. The molecule has 2 rings (SSSR count). The number of rotatable bonds is 7. The first-order chi connectivity index (χ1) is 11.8. The quantitative estimate of drug-likeness (QED) is 0.515. The molecule has 25 heavy (non-hydrogen) atoms. The third-order valence-corrected chi connectivity index (χ3v) is 4.26. The number of hydrogen-bond acceptors (Lipinski definition) is 4. The summed E-state index contributed by atoms with van der Waals surface area (Å²) in [5.74, 6) is -4.66. The first kappa shape index (κ1) is 18.6. The molecular formula is C18H18ClNO5. The first-order valence-electron chi connectivity index (χ1n) is 7.47. The summed E-state index contributed by atoms with van der Waals surface area (Å²) in [7, 11) is 1.51. The SMILES string of the molecule is COc1ccc(C(Cc2cc(Cl)ccc2N)C(C(=O)O)C(=O)O)cc1. The largest absolute Gasteiger partial charge is 0.497 e. The molecule has 0 bridgehead atoms. The van der Waals surface area contributed by atoms with Crippen LogP contribution in [-0.2, 0) is 16.0 Å². The van der Waals surface area contributed by atoms with Crippen molar-refractivity contribution in [3.8, 4) is 5.75 Å². The molecule has 0 aliphatic heterocycles. The van der Waals surface area contributed by atoms with Crippen molar-refractivity contribution >= 4 is 29.2 Å². The van der Waals surface area contributed by atoms with Crippen LogP contribution in [-0.4, -0.2) is 29.3 Å². The van der Waals surface area contributed by atoms with E-state index in [1.54, 1.807) is 42.5 Å². The Labute approximate surface area is 149 Å². The van der Waals surface area contributed by atoms with Crippen molar-refractivity contribution in [2.45, 2.75) is 12.3 Å². The number of carboxylic acids is 2. The summed E-state index contributed by atoms with van der Waals surface area (Å²) in [5, 5.41) is 19.3. The van der Waals surface area contributed by atoms with E-state index in [9.17, 15) is 19.8 Å². The summed E-state index contributed by atoms with van der Waals surface area (Å²) in [4.78, 5) is 23.1. The van der Waals surface area contributed by atoms with E-state index in [0.29, 0.717) is 27.6 Å². The molecule has 1 unspecified atom stereocenters. The summed E-state index contributed by atoms with van der Waals surface area (Å²) < 4.78 is 5.09. The molecule has 0 amide bonds. The number of carbonyl (C=O) groups is 2. The number of nitrogens with two attached hydrogens (primary N) is 1. The maximum absolute atomic E-state index is 11.6. The fraction of sp³-hybridized carbons (Fsp3) is 0.222. The molecule has 6 nitrogen and oxygen atoms in total. The van der Waals surface area contributed by atoms with Crippen LogP contribution in [0.4, 0.5) is 5.69 Å². The van der Waals surface area contributed by atoms with Gasteiger partial charge in [-0.15, -0.1) is 0 Å². The maximum Gasteiger partial charge on any atom is 0.318 e. The predicted molar refractivity (Wildman–Crippen MR) is 94.1 cm³/mol. The Balaban J connectivity index is 2.48. The van der Waals surface area contributed by atoms with Crippen LogP contribution in [0.5, 0.6) is 5.75 Å². The van der Waals surface area contributed by atoms with Gasteiger partial charge in [0, 0.05) is 16.6 Å². The summed E-state index contributed by atoms with van der Waals surface area (Å²) in [5.41, 5.74) is 7.53. The Morgan fingerprint density at radius 3 is 2.24 bits per heavy atom. The van der Waals surface area contributed by atoms with Gasteiger partial charge >= 0.3 is 11.9 Å². The van der Waals surface area contributed by atoms with Crippen molar-refractivity contribution in [1.29, 1.82) is 0 Å². The maximum atomic E-state index is 11.6. The Hall–Kier alpha value is -2.73. The number of ether oxygens (including phenoxy) is 1. The van der Waals surface area contributed by atoms with Gasteiger partial charge in [0.15, 0.2) is 5.92 Å². The highest BCUT2D eigenvalue weighted by Gasteiger charge is 2.36. The highest BCUT2D eigenvalue weighted by atomic mass is 35.5. The molecule has 0 heterocycles. The van der Waals surface area contributed by atoms with Gasteiger partial charge in [0.05, 0.1) is 7.11 Å². The minimum Gasteiger partial charge on any atom is -0.497 e. The number of halogens is 1. The molecule has 0 fully saturated rings. The smallest absolute Gasteiger partial charge is 0.318 e. The molecule has 0 aromatic heterocycles. The number of nitrogen functional groups attached to an aromatic ring is 1. The van der Waals surface area contributed by atoms with Gasteiger partial charge in [-0.3, -0.25) is 9.59 Å². The molecule has 1 atom stereocenters. The highest BCUT2D eigenvalue weighted by molar-refractivity contribution is 6.30. The standard InChI is InChI=1S/C18H18ClNO5/c1-25-13-5-2-10(3-6-13)14(16(17(21)22)18(23)24)9-11-8-12(19)4-7-15(11)20/h2-8,14,16H,9,20H2,1H3,(H,21,22)(H,23,24). The summed E-state index contributed by atoms with van der Waals surface area (Å²) in [6.07, 6.45) is 0.127. The second-order valence-electron chi connectivity index (χ2n) is 5.58. The van der Waals surface area contributed by atoms with Crippen LogP contribution in [0.15, 0.2) is 42.5 Å². The van der Waals surface area contributed by atoms with Crippen molar-refractivity contribution in [2.24, 2.45) is 5.92 Å². The zero-order valence-corrected chi connectivity index (χ0v) is 14.2. The lowest BCUT2D eigenvalue weighted by atomic mass is 9.81. The van der Waals surface area contributed by atoms with Gasteiger partial charge in [0.1, 0.15) is 5.75 Å². The molecule has 2 aromatic carbocycles. The summed E-state index contributed by atoms with van der Waals surface area (Å²) in [6.45, 7) is 0. The molecule has 0 aliphatic carbocycles. The third kappa shape index (κ3) is 4.42. The van der Waals surface area contributed by atoms with E-state index in [1.165, 1.54) is 7.11 Å². The third-order valence-electron chi connectivity index (χ3n) is 4.02. The zero-order valence-electron chi connectivity index (χ0n) is 13.5. The fourth-order valence-corrected chi connectivity index (χ4v) is 2.91. The van der Waals surface area contributed by atoms with E-state index in [1.807, 2.05) is 0 Å². The molecule has 0 aliphatic rings. The number of aliphatic carboxylic acids is 2. The number of carboxylic acid groups (broad SMARTS) is 2. The van der Waals surface area contributed by atoms with Crippen LogP contribution in [0.1, 0.15) is 17.0 Å². The molecule has 4 N–H and O–H groups in total. The van der Waals surface area contributed by atoms with Gasteiger partial charge in [0.2, 0.25) is 0 Å². The zero-order chi connectivity index (χ0) is 18.6. The average Bonchev–Trinajstić information content (AvgIpc) is 2.57. The number of benzene rings is 2. The van der Waals surface area contributed by atoms with E-state index >= 15 is 0 Å². The van der Waals surface area contributed by atoms with E-state index in [4.69, 9.17) is 22.1 Å². The first-order valence-corrected chi connectivity index (χ1v) is 7.84. The van der Waals surface area contributed by atoms with E-state index in [-0.39, 0.29) is 6.42 Å². The highest BCUT2D eigenvalue weighted by Crippen LogP contribution is 2.33. The predicted octanol–water partition coefficient (Wildman–Crippen LogP) is 3.04. The van der Waals surface area contributed by atoms with Gasteiger partial charge in [-0.2, -0.15) is 0 Å². The monoisotopic (exact) mass is 363 g/mol. The Kier molecular flexibility index (Phi) is 5.88. The van der Waals surface area contributed by atoms with Crippen LogP contribution in [0.3, 0.4) is 0 Å². The van der Waals surface area contributed by atoms with Crippen LogP contribution in [0.25, 0.3) is 0 Å². The molecule has 0 saturated heterocycles. The lowest BCUT2D eigenvalue weighted by Gasteiger charge is -2.22. The molecule has 0 spiro atoms. The fourth-order valence-electron chi connectivity index (χ4n) is 2.72. The summed E-state index contributed by atoms with van der Waals surface area (Å²) >= 11 is 5.99. The Morgan fingerprint density at radius 1 is 1.12 bits per heavy atom. The molecule has 132 valence electrons. The van der Waals surface area contributed by atoms with Crippen LogP contribution < -0.4 is 10.5 Å². The second-order valence-corrected chi connectivity index (χ2v) is 6.02. The minimum absolute atomic E-state index is 0.127. The molecular weight excluding hydrogens is 346 g/mol. The topological polar surface area (TPSA) is 110 Å². The van der Waals surface area contributed by atoms with Crippen molar-refractivity contribution < 1.29 is 24.5 Å². The van der Waals surface area contributed by atoms with E-state index < -0.39 is 23.8 Å². The number of hydrogen-bond donors (Lipinski definition) is 3. The van der Waals surface area contributed by atoms with Gasteiger partial charge in [0.25, 0.3) is 0 Å². The van der Waals surface area contributed by atoms with Crippen LogP contribution in [0, 0.1) is 5.92 Å². The van der Waals surface area contributed by atoms with Crippen LogP contribution >= 0.6 is 11.6 Å². The molecule has 2 aromatic rings. The Morgan fingerprint density at radius 2 is 1.72 bits per heavy atom. The average molecular weight is 364 g/mol. The van der Waals surface area contributed by atoms with Crippen molar-refractivity contribution in [3.05, 3.63) is 58.6 Å². The van der Waals surface area contributed by atoms with E-state index in [2.05, 4.69) is 0 Å². The lowest BCUT2D eigenvalue weighted by Crippen LogP contribution is -2.31. The lowest BCUT2D eigenvalue weighted by molar-refractivity contribution is -0.155. The molecule has 0 saturated carbocycles. The Bertz CT molecular complexity index is 762. The van der Waals surface area contributed by atoms with Gasteiger partial charge in [-0.1, -0.05) is 23.7 Å². The van der Waals surface area contributed by atoms with Crippen LogP contribution in [0.2, 0.25) is 5.02 Å². The van der Waals surface area contributed by atoms with E-state index in [0.717, 1.165) is 0 Å². The van der Waals surface area contributed by atoms with Gasteiger partial charge in [-0.05, 0) is 47.9 Å². The molecule has 7 heteroatoms. The van der Waals surface area contributed by atoms with Crippen molar-refractivity contribution in [3.63, 3.8) is 0 Å². The molecule has 0 radical (unpaired) electrons. The van der Waals surface area contributed by atoms with Gasteiger partial charge < -0.3 is 20.7 Å². The van der Waals surface area contributed by atoms with Gasteiger partial charge in [-0.25, -0.2) is 0 Å².